The molecule has 4 nitrogen and oxygen atoms in total. The van der Waals surface area contributed by atoms with Crippen LogP contribution in [0.5, 0.6) is 0 Å². The number of nitrogen functional groups attached to an aromatic ring is 1. The van der Waals surface area contributed by atoms with E-state index in [9.17, 15) is 13.6 Å². The van der Waals surface area contributed by atoms with E-state index in [1.54, 1.807) is 12.4 Å². The molecule has 0 aliphatic rings. The van der Waals surface area contributed by atoms with E-state index in [4.69, 9.17) is 5.73 Å². The first-order valence-electron chi connectivity index (χ1n) is 5.83. The van der Waals surface area contributed by atoms with Crippen molar-refractivity contribution in [2.24, 2.45) is 0 Å². The second-order valence-electron chi connectivity index (χ2n) is 4.35. The van der Waals surface area contributed by atoms with Crippen LogP contribution in [-0.4, -0.2) is 22.8 Å². The van der Waals surface area contributed by atoms with Crippen LogP contribution in [0, 0.1) is 11.6 Å². The van der Waals surface area contributed by atoms with Crippen molar-refractivity contribution in [2.75, 3.05) is 12.8 Å². The molecule has 2 rings (SSSR count). The number of anilines is 1. The van der Waals surface area contributed by atoms with Gasteiger partial charge in [0.2, 0.25) is 5.91 Å². The van der Waals surface area contributed by atoms with Crippen molar-refractivity contribution in [2.45, 2.75) is 13.0 Å². The highest BCUT2D eigenvalue weighted by Crippen LogP contribution is 2.14. The van der Waals surface area contributed by atoms with E-state index >= 15 is 0 Å². The Bertz CT molecular complexity index is 630. The first kappa shape index (κ1) is 14.4. The molecule has 1 heterocycles. The number of amides is 1. The zero-order chi connectivity index (χ0) is 14.7. The Balaban J connectivity index is 1.98. The van der Waals surface area contributed by atoms with Crippen LogP contribution in [-0.2, 0) is 17.8 Å². The molecule has 0 aliphatic heterocycles. The van der Waals surface area contributed by atoms with Crippen LogP contribution >= 0.6 is 11.3 Å². The highest BCUT2D eigenvalue weighted by molar-refractivity contribution is 7.13. The molecule has 0 radical (unpaired) electrons. The summed E-state index contributed by atoms with van der Waals surface area (Å²) in [5, 5.41) is 2.13. The zero-order valence-electron chi connectivity index (χ0n) is 10.8. The second-order valence-corrected chi connectivity index (χ2v) is 5.24. The van der Waals surface area contributed by atoms with Crippen LogP contribution in [0.1, 0.15) is 11.3 Å². The number of halogens is 2. The maximum absolute atomic E-state index is 13.1. The number of likely N-dealkylation sites (N-methyl/N-ethyl adjacent to an activating group) is 1. The van der Waals surface area contributed by atoms with Gasteiger partial charge in [-0.3, -0.25) is 4.79 Å². The summed E-state index contributed by atoms with van der Waals surface area (Å²) in [6.45, 7) is 0.204. The topological polar surface area (TPSA) is 59.2 Å². The van der Waals surface area contributed by atoms with Crippen molar-refractivity contribution in [1.29, 1.82) is 0 Å². The molecule has 20 heavy (non-hydrogen) atoms. The van der Waals surface area contributed by atoms with Gasteiger partial charge in [0.1, 0.15) is 0 Å². The molecular weight excluding hydrogens is 284 g/mol. The Labute approximate surface area is 118 Å². The Morgan fingerprint density at radius 2 is 2.15 bits per heavy atom. The van der Waals surface area contributed by atoms with Crippen LogP contribution in [0.25, 0.3) is 0 Å². The lowest BCUT2D eigenvalue weighted by Crippen LogP contribution is -2.27. The minimum Gasteiger partial charge on any atom is -0.375 e. The smallest absolute Gasteiger partial charge is 0.228 e. The van der Waals surface area contributed by atoms with Crippen LogP contribution in [0.2, 0.25) is 0 Å². The lowest BCUT2D eigenvalue weighted by Gasteiger charge is -2.16. The van der Waals surface area contributed by atoms with Crippen molar-refractivity contribution in [3.8, 4) is 0 Å². The molecule has 0 saturated carbocycles. The fraction of sp³-hybridized carbons (Fsp3) is 0.231. The highest BCUT2D eigenvalue weighted by Gasteiger charge is 2.13. The predicted molar refractivity (Wildman–Crippen MR) is 73.1 cm³/mol. The SMILES string of the molecule is CN(Cc1ccc(F)c(F)c1)C(=O)Cc1csc(N)n1. The van der Waals surface area contributed by atoms with E-state index in [1.165, 1.54) is 22.3 Å². The van der Waals surface area contributed by atoms with Gasteiger partial charge in [0.25, 0.3) is 0 Å². The van der Waals surface area contributed by atoms with Crippen LogP contribution in [0.4, 0.5) is 13.9 Å². The molecule has 2 N–H and O–H groups in total. The van der Waals surface area contributed by atoms with Gasteiger partial charge >= 0.3 is 0 Å². The Kier molecular flexibility index (Phi) is 4.29. The van der Waals surface area contributed by atoms with Crippen LogP contribution in [0.3, 0.4) is 0 Å². The van der Waals surface area contributed by atoms with E-state index in [1.807, 2.05) is 0 Å². The van der Waals surface area contributed by atoms with Crippen molar-refractivity contribution in [3.05, 3.63) is 46.5 Å². The number of carbonyl (C=O) groups excluding carboxylic acids is 1. The van der Waals surface area contributed by atoms with Gasteiger partial charge in [-0.25, -0.2) is 13.8 Å². The molecule has 0 unspecified atom stereocenters. The number of hydrogen-bond donors (Lipinski definition) is 1. The summed E-state index contributed by atoms with van der Waals surface area (Å²) >= 11 is 1.27. The van der Waals surface area contributed by atoms with E-state index in [2.05, 4.69) is 4.98 Å². The highest BCUT2D eigenvalue weighted by atomic mass is 32.1. The molecule has 0 atom stereocenters. The first-order valence-corrected chi connectivity index (χ1v) is 6.71. The maximum atomic E-state index is 13.1. The maximum Gasteiger partial charge on any atom is 0.228 e. The average Bonchev–Trinajstić information content (AvgIpc) is 2.79. The van der Waals surface area contributed by atoms with Crippen molar-refractivity contribution in [3.63, 3.8) is 0 Å². The van der Waals surface area contributed by atoms with E-state index in [0.717, 1.165) is 12.1 Å². The molecule has 7 heteroatoms. The van der Waals surface area contributed by atoms with Crippen molar-refractivity contribution < 1.29 is 13.6 Å². The van der Waals surface area contributed by atoms with Gasteiger partial charge in [-0.15, -0.1) is 11.3 Å². The number of carbonyl (C=O) groups is 1. The van der Waals surface area contributed by atoms with Gasteiger partial charge in [0.05, 0.1) is 12.1 Å². The van der Waals surface area contributed by atoms with Gasteiger partial charge in [-0.05, 0) is 17.7 Å². The van der Waals surface area contributed by atoms with Crippen LogP contribution in [0.15, 0.2) is 23.6 Å². The first-order chi connectivity index (χ1) is 9.45. The summed E-state index contributed by atoms with van der Waals surface area (Å²) < 4.78 is 25.9. The number of nitrogens with zero attached hydrogens (tertiary/aromatic N) is 2. The molecular formula is C13H13F2N3OS. The van der Waals surface area contributed by atoms with Gasteiger partial charge in [-0.2, -0.15) is 0 Å². The molecule has 0 bridgehead atoms. The standard InChI is InChI=1S/C13H13F2N3OS/c1-18(6-8-2-3-10(14)11(15)4-8)12(19)5-9-7-20-13(16)17-9/h2-4,7H,5-6H2,1H3,(H2,16,17). The Morgan fingerprint density at radius 1 is 1.40 bits per heavy atom. The van der Waals surface area contributed by atoms with E-state index in [-0.39, 0.29) is 18.9 Å². The molecule has 0 aliphatic carbocycles. The number of rotatable bonds is 4. The summed E-state index contributed by atoms with van der Waals surface area (Å²) in [6, 6.07) is 3.58. The minimum absolute atomic E-state index is 0.133. The second kappa shape index (κ2) is 5.96. The summed E-state index contributed by atoms with van der Waals surface area (Å²) in [6.07, 6.45) is 0.133. The average molecular weight is 297 g/mol. The Morgan fingerprint density at radius 3 is 2.75 bits per heavy atom. The summed E-state index contributed by atoms with van der Waals surface area (Å²) in [7, 11) is 1.60. The van der Waals surface area contributed by atoms with E-state index in [0.29, 0.717) is 16.4 Å². The monoisotopic (exact) mass is 297 g/mol. The number of nitrogens with two attached hydrogens (primary N) is 1. The predicted octanol–water partition coefficient (Wildman–Crippen LogP) is 2.20. The molecule has 0 saturated heterocycles. The zero-order valence-corrected chi connectivity index (χ0v) is 11.6. The summed E-state index contributed by atoms with van der Waals surface area (Å²) in [4.78, 5) is 17.4. The van der Waals surface area contributed by atoms with Crippen molar-refractivity contribution in [1.82, 2.24) is 9.88 Å². The van der Waals surface area contributed by atoms with Gasteiger partial charge < -0.3 is 10.6 Å². The van der Waals surface area contributed by atoms with Gasteiger partial charge in [0, 0.05) is 19.0 Å². The molecule has 1 aromatic carbocycles. The van der Waals surface area contributed by atoms with E-state index < -0.39 is 11.6 Å². The fourth-order valence-electron chi connectivity index (χ4n) is 1.69. The van der Waals surface area contributed by atoms with Gasteiger partial charge in [0.15, 0.2) is 16.8 Å². The summed E-state index contributed by atoms with van der Waals surface area (Å²) in [5.74, 6) is -1.99. The third kappa shape index (κ3) is 3.51. The molecule has 1 aromatic heterocycles. The normalized spacial score (nSPS) is 10.6. The third-order valence-electron chi connectivity index (χ3n) is 2.73. The lowest BCUT2D eigenvalue weighted by molar-refractivity contribution is -0.129. The molecule has 106 valence electrons. The Hall–Kier alpha value is -2.02. The fourth-order valence-corrected chi connectivity index (χ4v) is 2.26. The number of aromatic nitrogens is 1. The molecule has 1 amide bonds. The quantitative estimate of drug-likeness (QED) is 0.941. The molecule has 2 aromatic rings. The number of thiazole rings is 1. The third-order valence-corrected chi connectivity index (χ3v) is 3.45. The van der Waals surface area contributed by atoms with Crippen molar-refractivity contribution >= 4 is 22.4 Å². The summed E-state index contributed by atoms with van der Waals surface area (Å²) in [5.41, 5.74) is 6.62. The molecule has 0 spiro atoms. The number of benzene rings is 1. The van der Waals surface area contributed by atoms with Crippen LogP contribution < -0.4 is 5.73 Å². The number of hydrogen-bond acceptors (Lipinski definition) is 4. The van der Waals surface area contributed by atoms with Gasteiger partial charge in [-0.1, -0.05) is 6.07 Å². The largest absolute Gasteiger partial charge is 0.375 e. The molecule has 0 fully saturated rings. The minimum atomic E-state index is -0.921. The lowest BCUT2D eigenvalue weighted by atomic mass is 10.2.